The molecule has 1 amide bonds. The second-order valence-electron chi connectivity index (χ2n) is 5.48. The van der Waals surface area contributed by atoms with E-state index in [0.29, 0.717) is 6.54 Å². The predicted octanol–water partition coefficient (Wildman–Crippen LogP) is 3.19. The van der Waals surface area contributed by atoms with Gasteiger partial charge in [-0.25, -0.2) is 0 Å². The number of H-pyrrole nitrogens is 1. The fourth-order valence-corrected chi connectivity index (χ4v) is 2.55. The molecule has 3 nitrogen and oxygen atoms in total. The molecular weight excluding hydrogens is 284 g/mol. The third-order valence-corrected chi connectivity index (χ3v) is 3.69. The summed E-state index contributed by atoms with van der Waals surface area (Å²) in [6.45, 7) is 2.58. The smallest absolute Gasteiger partial charge is 0.296 e. The summed E-state index contributed by atoms with van der Waals surface area (Å²) in [6.07, 6.45) is 2.77. The van der Waals surface area contributed by atoms with Gasteiger partial charge in [0, 0.05) is 35.1 Å². The van der Waals surface area contributed by atoms with Crippen molar-refractivity contribution in [3.63, 3.8) is 0 Å². The van der Waals surface area contributed by atoms with Crippen molar-refractivity contribution in [1.82, 2.24) is 10.3 Å². The second kappa shape index (κ2) is 6.85. The van der Waals surface area contributed by atoms with Gasteiger partial charge in [0.1, 0.15) is 0 Å². The molecule has 0 fully saturated rings. The third kappa shape index (κ3) is 3.81. The number of carbonyl (C=O) groups is 1. The standard InChI is InChI=1S/C20H18N2O/c1-15-5-4-6-16(13-15)9-10-20(23)21-12-11-17-14-22-19-8-3-2-7-18(17)19/h2-8,13-14,22H,11-12H2,1H3,(H,21,23). The van der Waals surface area contributed by atoms with Gasteiger partial charge in [-0.15, -0.1) is 0 Å². The van der Waals surface area contributed by atoms with E-state index in [2.05, 4.69) is 28.2 Å². The summed E-state index contributed by atoms with van der Waals surface area (Å²) in [6, 6.07) is 16.0. The third-order valence-electron chi connectivity index (χ3n) is 3.69. The van der Waals surface area contributed by atoms with Crippen LogP contribution in [0.2, 0.25) is 0 Å². The molecule has 114 valence electrons. The first kappa shape index (κ1) is 14.9. The lowest BCUT2D eigenvalue weighted by Crippen LogP contribution is -2.23. The average molecular weight is 302 g/mol. The monoisotopic (exact) mass is 302 g/mol. The number of aryl methyl sites for hydroxylation is 1. The molecule has 0 spiro atoms. The lowest BCUT2D eigenvalue weighted by atomic mass is 10.1. The minimum Gasteiger partial charge on any atom is -0.361 e. The predicted molar refractivity (Wildman–Crippen MR) is 93.1 cm³/mol. The molecule has 2 aromatic carbocycles. The molecule has 3 rings (SSSR count). The van der Waals surface area contributed by atoms with Gasteiger partial charge in [-0.3, -0.25) is 4.79 Å². The van der Waals surface area contributed by atoms with E-state index in [4.69, 9.17) is 0 Å². The highest BCUT2D eigenvalue weighted by Gasteiger charge is 2.03. The number of hydrogen-bond acceptors (Lipinski definition) is 1. The van der Waals surface area contributed by atoms with Gasteiger partial charge in [-0.2, -0.15) is 0 Å². The summed E-state index contributed by atoms with van der Waals surface area (Å²) in [4.78, 5) is 15.0. The molecule has 0 aliphatic carbocycles. The molecule has 3 heteroatoms. The lowest BCUT2D eigenvalue weighted by molar-refractivity contribution is -0.115. The molecule has 0 saturated heterocycles. The van der Waals surface area contributed by atoms with E-state index < -0.39 is 0 Å². The number of aromatic nitrogens is 1. The Morgan fingerprint density at radius 3 is 2.91 bits per heavy atom. The summed E-state index contributed by atoms with van der Waals surface area (Å²) in [5.74, 6) is 5.28. The van der Waals surface area contributed by atoms with Crippen LogP contribution in [0.5, 0.6) is 0 Å². The second-order valence-corrected chi connectivity index (χ2v) is 5.48. The number of hydrogen-bond donors (Lipinski definition) is 2. The lowest BCUT2D eigenvalue weighted by Gasteiger charge is -2.00. The number of nitrogens with one attached hydrogen (secondary N) is 2. The van der Waals surface area contributed by atoms with Crippen LogP contribution in [0.15, 0.2) is 54.7 Å². The van der Waals surface area contributed by atoms with E-state index in [-0.39, 0.29) is 5.91 Å². The Hall–Kier alpha value is -2.99. The van der Waals surface area contributed by atoms with Crippen molar-refractivity contribution in [3.05, 3.63) is 71.4 Å². The maximum Gasteiger partial charge on any atom is 0.296 e. The molecule has 1 aromatic heterocycles. The Kier molecular flexibility index (Phi) is 4.44. The minimum atomic E-state index is -0.244. The Balaban J connectivity index is 1.56. The van der Waals surface area contributed by atoms with E-state index in [1.54, 1.807) is 0 Å². The highest BCUT2D eigenvalue weighted by molar-refractivity contribution is 5.94. The Labute approximate surface area is 135 Å². The summed E-state index contributed by atoms with van der Waals surface area (Å²) >= 11 is 0. The summed E-state index contributed by atoms with van der Waals surface area (Å²) in [5.41, 5.74) is 4.31. The Morgan fingerprint density at radius 2 is 2.04 bits per heavy atom. The molecule has 0 saturated carbocycles. The SMILES string of the molecule is Cc1cccc(C#CC(=O)NCCc2c[nH]c3ccccc23)c1. The van der Waals surface area contributed by atoms with Gasteiger partial charge in [0.25, 0.3) is 5.91 Å². The maximum atomic E-state index is 11.8. The van der Waals surface area contributed by atoms with Crippen LogP contribution in [-0.4, -0.2) is 17.4 Å². The van der Waals surface area contributed by atoms with Crippen LogP contribution in [0.25, 0.3) is 10.9 Å². The van der Waals surface area contributed by atoms with Crippen molar-refractivity contribution >= 4 is 16.8 Å². The highest BCUT2D eigenvalue weighted by Crippen LogP contribution is 2.17. The van der Waals surface area contributed by atoms with Gasteiger partial charge in [-0.05, 0) is 42.7 Å². The topological polar surface area (TPSA) is 44.9 Å². The zero-order chi connectivity index (χ0) is 16.1. The van der Waals surface area contributed by atoms with E-state index in [9.17, 15) is 4.79 Å². The first-order valence-corrected chi connectivity index (χ1v) is 7.64. The summed E-state index contributed by atoms with van der Waals surface area (Å²) in [5, 5.41) is 4.05. The van der Waals surface area contributed by atoms with Crippen LogP contribution < -0.4 is 5.32 Å². The van der Waals surface area contributed by atoms with Gasteiger partial charge in [0.2, 0.25) is 0 Å². The highest BCUT2D eigenvalue weighted by atomic mass is 16.1. The fraction of sp³-hybridized carbons (Fsp3) is 0.150. The molecule has 2 N–H and O–H groups in total. The van der Waals surface area contributed by atoms with Crippen molar-refractivity contribution in [1.29, 1.82) is 0 Å². The van der Waals surface area contributed by atoms with Gasteiger partial charge >= 0.3 is 0 Å². The van der Waals surface area contributed by atoms with Crippen LogP contribution in [0.1, 0.15) is 16.7 Å². The first-order valence-electron chi connectivity index (χ1n) is 7.64. The van der Waals surface area contributed by atoms with Crippen molar-refractivity contribution in [2.75, 3.05) is 6.54 Å². The number of rotatable bonds is 3. The molecule has 23 heavy (non-hydrogen) atoms. The molecule has 0 atom stereocenters. The van der Waals surface area contributed by atoms with Crippen LogP contribution in [0, 0.1) is 18.8 Å². The quantitative estimate of drug-likeness (QED) is 0.717. The van der Waals surface area contributed by atoms with Crippen LogP contribution in [0.4, 0.5) is 0 Å². The molecule has 0 bridgehead atoms. The fourth-order valence-electron chi connectivity index (χ4n) is 2.55. The van der Waals surface area contributed by atoms with Crippen molar-refractivity contribution in [3.8, 4) is 11.8 Å². The van der Waals surface area contributed by atoms with E-state index in [0.717, 1.165) is 23.1 Å². The number of carbonyl (C=O) groups excluding carboxylic acids is 1. The first-order chi connectivity index (χ1) is 11.2. The summed E-state index contributed by atoms with van der Waals surface area (Å²) in [7, 11) is 0. The molecule has 0 unspecified atom stereocenters. The van der Waals surface area contributed by atoms with E-state index >= 15 is 0 Å². The van der Waals surface area contributed by atoms with Crippen LogP contribution in [0.3, 0.4) is 0 Å². The molecule has 0 aliphatic heterocycles. The molecule has 0 radical (unpaired) electrons. The maximum absolute atomic E-state index is 11.8. The number of fused-ring (bicyclic) bond motifs is 1. The molecule has 1 heterocycles. The van der Waals surface area contributed by atoms with Gasteiger partial charge in [0.05, 0.1) is 0 Å². The zero-order valence-corrected chi connectivity index (χ0v) is 13.0. The number of amides is 1. The zero-order valence-electron chi connectivity index (χ0n) is 13.0. The number of benzene rings is 2. The van der Waals surface area contributed by atoms with Crippen LogP contribution >= 0.6 is 0 Å². The number of aromatic amines is 1. The van der Waals surface area contributed by atoms with Crippen molar-refractivity contribution in [2.45, 2.75) is 13.3 Å². The van der Waals surface area contributed by atoms with Crippen molar-refractivity contribution in [2.24, 2.45) is 0 Å². The molecule has 0 aliphatic rings. The summed E-state index contributed by atoms with van der Waals surface area (Å²) < 4.78 is 0. The van der Waals surface area contributed by atoms with Crippen molar-refractivity contribution < 1.29 is 4.79 Å². The molecular formula is C20H18N2O. The van der Waals surface area contributed by atoms with E-state index in [1.165, 1.54) is 10.9 Å². The van der Waals surface area contributed by atoms with Gasteiger partial charge in [0.15, 0.2) is 0 Å². The van der Waals surface area contributed by atoms with E-state index in [1.807, 2.05) is 55.6 Å². The number of para-hydroxylation sites is 1. The molecule has 3 aromatic rings. The average Bonchev–Trinajstić information content (AvgIpc) is 2.97. The van der Waals surface area contributed by atoms with Crippen LogP contribution in [-0.2, 0) is 11.2 Å². The largest absolute Gasteiger partial charge is 0.361 e. The van der Waals surface area contributed by atoms with Gasteiger partial charge in [-0.1, -0.05) is 36.3 Å². The normalized spacial score (nSPS) is 10.1. The Morgan fingerprint density at radius 1 is 1.17 bits per heavy atom. The van der Waals surface area contributed by atoms with Gasteiger partial charge < -0.3 is 10.3 Å². The Bertz CT molecular complexity index is 896. The minimum absolute atomic E-state index is 0.244.